The number of esters is 1. The number of hydrogen-bond donors (Lipinski definition) is 1. The van der Waals surface area contributed by atoms with Crippen molar-refractivity contribution in [3.05, 3.63) is 75.9 Å². The van der Waals surface area contributed by atoms with Gasteiger partial charge in [-0.2, -0.15) is 0 Å². The van der Waals surface area contributed by atoms with Crippen LogP contribution in [0.15, 0.2) is 48.0 Å². The van der Waals surface area contributed by atoms with E-state index in [-0.39, 0.29) is 11.3 Å². The van der Waals surface area contributed by atoms with Crippen molar-refractivity contribution in [1.82, 2.24) is 9.80 Å². The van der Waals surface area contributed by atoms with E-state index in [1.54, 1.807) is 24.3 Å². The van der Waals surface area contributed by atoms with Crippen molar-refractivity contribution in [2.24, 2.45) is 0 Å². The van der Waals surface area contributed by atoms with Crippen molar-refractivity contribution in [2.75, 3.05) is 46.5 Å². The molecule has 8 nitrogen and oxygen atoms in total. The molecule has 1 N–H and O–H groups in total. The fourth-order valence-electron chi connectivity index (χ4n) is 4.59. The maximum atomic E-state index is 13.3. The number of ether oxygens (including phenoxy) is 2. The summed E-state index contributed by atoms with van der Waals surface area (Å²) >= 11 is 0. The molecular weight excluding hydrogens is 448 g/mol. The highest BCUT2D eigenvalue weighted by Crippen LogP contribution is 2.40. The maximum Gasteiger partial charge on any atom is 0.337 e. The molecule has 0 aliphatic carbocycles. The Bertz CT molecular complexity index is 1160. The molecule has 2 aromatic carbocycles. The Kier molecular flexibility index (Phi) is 7.33. The number of amides is 1. The number of hydrogen-bond acceptors (Lipinski definition) is 7. The first-order valence-electron chi connectivity index (χ1n) is 11.7. The molecule has 0 bridgehead atoms. The van der Waals surface area contributed by atoms with E-state index in [0.717, 1.165) is 24.2 Å². The highest BCUT2D eigenvalue weighted by molar-refractivity contribution is 6.46. The van der Waals surface area contributed by atoms with E-state index in [4.69, 9.17) is 9.47 Å². The SMILES string of the molecule is COC(=O)c1ccc(C2/C(=C(\O)c3cc(C)ccc3C)C(=O)C(=O)N2CCN2CCOCC2)cc1. The summed E-state index contributed by atoms with van der Waals surface area (Å²) in [4.78, 5) is 42.1. The smallest absolute Gasteiger partial charge is 0.337 e. The molecule has 2 heterocycles. The molecule has 184 valence electrons. The maximum absolute atomic E-state index is 13.3. The third-order valence-corrected chi connectivity index (χ3v) is 6.60. The number of rotatable bonds is 6. The molecule has 0 aromatic heterocycles. The van der Waals surface area contributed by atoms with Crippen LogP contribution in [0.2, 0.25) is 0 Å². The third-order valence-electron chi connectivity index (χ3n) is 6.60. The van der Waals surface area contributed by atoms with Gasteiger partial charge < -0.3 is 19.5 Å². The first-order chi connectivity index (χ1) is 16.8. The number of carbonyl (C=O) groups excluding carboxylic acids is 3. The van der Waals surface area contributed by atoms with Gasteiger partial charge in [0, 0.05) is 31.7 Å². The molecule has 8 heteroatoms. The predicted molar refractivity (Wildman–Crippen MR) is 130 cm³/mol. The van der Waals surface area contributed by atoms with E-state index >= 15 is 0 Å². The van der Waals surface area contributed by atoms with Crippen LogP contribution in [-0.4, -0.2) is 79.1 Å². The lowest BCUT2D eigenvalue weighted by atomic mass is 9.93. The normalized spacial score (nSPS) is 20.3. The van der Waals surface area contributed by atoms with Crippen LogP contribution in [0.25, 0.3) is 5.76 Å². The summed E-state index contributed by atoms with van der Waals surface area (Å²) < 4.78 is 10.2. The summed E-state index contributed by atoms with van der Waals surface area (Å²) in [6.07, 6.45) is 0. The number of benzene rings is 2. The molecule has 1 unspecified atom stereocenters. The van der Waals surface area contributed by atoms with Gasteiger partial charge in [0.15, 0.2) is 0 Å². The Hall–Kier alpha value is -3.49. The number of aliphatic hydroxyl groups excluding tert-OH is 1. The topological polar surface area (TPSA) is 96.4 Å². The zero-order valence-corrected chi connectivity index (χ0v) is 20.2. The molecule has 0 spiro atoms. The zero-order valence-electron chi connectivity index (χ0n) is 20.2. The second-order valence-corrected chi connectivity index (χ2v) is 8.88. The Labute approximate surface area is 204 Å². The third kappa shape index (κ3) is 4.99. The number of Topliss-reactive ketones (excluding diaryl/α,β-unsaturated/α-hetero) is 1. The number of ketones is 1. The lowest BCUT2D eigenvalue weighted by Gasteiger charge is -2.31. The average molecular weight is 479 g/mol. The van der Waals surface area contributed by atoms with Gasteiger partial charge in [-0.05, 0) is 43.2 Å². The summed E-state index contributed by atoms with van der Waals surface area (Å²) in [6.45, 7) is 7.42. The van der Waals surface area contributed by atoms with Gasteiger partial charge in [-0.15, -0.1) is 0 Å². The van der Waals surface area contributed by atoms with Gasteiger partial charge in [0.2, 0.25) is 0 Å². The van der Waals surface area contributed by atoms with Crippen molar-refractivity contribution >= 4 is 23.4 Å². The van der Waals surface area contributed by atoms with Crippen molar-refractivity contribution in [3.63, 3.8) is 0 Å². The summed E-state index contributed by atoms with van der Waals surface area (Å²) in [6, 6.07) is 11.4. The first-order valence-corrected chi connectivity index (χ1v) is 11.7. The van der Waals surface area contributed by atoms with Crippen LogP contribution in [0.3, 0.4) is 0 Å². The molecule has 1 atom stereocenters. The summed E-state index contributed by atoms with van der Waals surface area (Å²) in [7, 11) is 1.31. The Morgan fingerprint density at radius 1 is 1.06 bits per heavy atom. The van der Waals surface area contributed by atoms with Crippen molar-refractivity contribution in [3.8, 4) is 0 Å². The van der Waals surface area contributed by atoms with Crippen molar-refractivity contribution in [1.29, 1.82) is 0 Å². The van der Waals surface area contributed by atoms with Gasteiger partial charge in [-0.25, -0.2) is 4.79 Å². The molecule has 4 rings (SSSR count). The minimum absolute atomic E-state index is 0.0523. The number of morpholine rings is 1. The minimum atomic E-state index is -0.775. The molecular formula is C27H30N2O6. The van der Waals surface area contributed by atoms with Gasteiger partial charge in [0.25, 0.3) is 11.7 Å². The monoisotopic (exact) mass is 478 g/mol. The van der Waals surface area contributed by atoms with Gasteiger partial charge in [-0.3, -0.25) is 14.5 Å². The predicted octanol–water partition coefficient (Wildman–Crippen LogP) is 2.84. The van der Waals surface area contributed by atoms with Crippen LogP contribution in [0.4, 0.5) is 0 Å². The van der Waals surface area contributed by atoms with E-state index in [0.29, 0.717) is 43.0 Å². The van der Waals surface area contributed by atoms with E-state index in [9.17, 15) is 19.5 Å². The van der Waals surface area contributed by atoms with Crippen LogP contribution < -0.4 is 0 Å². The van der Waals surface area contributed by atoms with E-state index in [1.807, 2.05) is 32.0 Å². The summed E-state index contributed by atoms with van der Waals surface area (Å²) in [5.74, 6) is -2.03. The number of aliphatic hydroxyl groups is 1. The molecule has 2 aromatic rings. The number of aryl methyl sites for hydroxylation is 2. The Balaban J connectivity index is 1.77. The molecule has 2 aliphatic rings. The van der Waals surface area contributed by atoms with Crippen molar-refractivity contribution in [2.45, 2.75) is 19.9 Å². The number of nitrogens with zero attached hydrogens (tertiary/aromatic N) is 2. The number of likely N-dealkylation sites (tertiary alicyclic amines) is 1. The first kappa shape index (κ1) is 24.6. The Morgan fingerprint density at radius 2 is 1.74 bits per heavy atom. The van der Waals surface area contributed by atoms with E-state index in [1.165, 1.54) is 12.0 Å². The van der Waals surface area contributed by atoms with Crippen LogP contribution in [0.1, 0.15) is 38.7 Å². The average Bonchev–Trinajstić information content (AvgIpc) is 3.13. The standard InChI is InChI=1S/C27H30N2O6/c1-17-4-5-18(2)21(16-17)24(30)22-23(19-6-8-20(9-7-19)27(33)34-3)29(26(32)25(22)31)11-10-28-12-14-35-15-13-28/h4-9,16,23,30H,10-15H2,1-3H3/b24-22+. The largest absolute Gasteiger partial charge is 0.507 e. The molecule has 2 saturated heterocycles. The highest BCUT2D eigenvalue weighted by atomic mass is 16.5. The van der Waals surface area contributed by atoms with Crippen LogP contribution in [0.5, 0.6) is 0 Å². The Morgan fingerprint density at radius 3 is 2.40 bits per heavy atom. The molecule has 0 saturated carbocycles. The van der Waals surface area contributed by atoms with E-state index < -0.39 is 23.7 Å². The molecule has 0 radical (unpaired) electrons. The summed E-state index contributed by atoms with van der Waals surface area (Å²) in [5, 5.41) is 11.3. The van der Waals surface area contributed by atoms with Gasteiger partial charge in [0.1, 0.15) is 5.76 Å². The van der Waals surface area contributed by atoms with E-state index in [2.05, 4.69) is 4.90 Å². The fraction of sp³-hybridized carbons (Fsp3) is 0.370. The van der Waals surface area contributed by atoms with Gasteiger partial charge >= 0.3 is 5.97 Å². The fourth-order valence-corrected chi connectivity index (χ4v) is 4.59. The zero-order chi connectivity index (χ0) is 25.1. The van der Waals surface area contributed by atoms with Crippen LogP contribution in [0, 0.1) is 13.8 Å². The molecule has 2 aliphatic heterocycles. The van der Waals surface area contributed by atoms with Crippen LogP contribution in [-0.2, 0) is 19.1 Å². The molecule has 1 amide bonds. The number of methoxy groups -OCH3 is 1. The molecule has 35 heavy (non-hydrogen) atoms. The lowest BCUT2D eigenvalue weighted by molar-refractivity contribution is -0.140. The van der Waals surface area contributed by atoms with Crippen molar-refractivity contribution < 1.29 is 29.0 Å². The lowest BCUT2D eigenvalue weighted by Crippen LogP contribution is -2.42. The second-order valence-electron chi connectivity index (χ2n) is 8.88. The number of carbonyl (C=O) groups is 3. The molecule has 2 fully saturated rings. The second kappa shape index (κ2) is 10.4. The van der Waals surface area contributed by atoms with Crippen LogP contribution >= 0.6 is 0 Å². The highest BCUT2D eigenvalue weighted by Gasteiger charge is 2.46. The summed E-state index contributed by atoms with van der Waals surface area (Å²) in [5.41, 5.74) is 3.29. The van der Waals surface area contributed by atoms with Gasteiger partial charge in [-0.1, -0.05) is 29.8 Å². The quantitative estimate of drug-likeness (QED) is 0.295. The minimum Gasteiger partial charge on any atom is -0.507 e. The van der Waals surface area contributed by atoms with Gasteiger partial charge in [0.05, 0.1) is 37.5 Å².